The van der Waals surface area contributed by atoms with Crippen molar-refractivity contribution in [3.05, 3.63) is 34.6 Å². The highest BCUT2D eigenvalue weighted by Crippen LogP contribution is 2.27. The highest BCUT2D eigenvalue weighted by atomic mass is 35.5. The van der Waals surface area contributed by atoms with Crippen LogP contribution in [0.5, 0.6) is 0 Å². The van der Waals surface area contributed by atoms with Crippen molar-refractivity contribution in [1.29, 1.82) is 0 Å². The van der Waals surface area contributed by atoms with Crippen LogP contribution in [0.2, 0.25) is 5.28 Å². The van der Waals surface area contributed by atoms with Gasteiger partial charge < -0.3 is 15.0 Å². The molecule has 146 valence electrons. The van der Waals surface area contributed by atoms with Crippen molar-refractivity contribution in [2.75, 3.05) is 13.1 Å². The maximum Gasteiger partial charge on any atom is 0.410 e. The second-order valence-electron chi connectivity index (χ2n) is 7.60. The molecule has 1 saturated heterocycles. The summed E-state index contributed by atoms with van der Waals surface area (Å²) in [6.45, 7) is 7.93. The summed E-state index contributed by atoms with van der Waals surface area (Å²) in [4.78, 5) is 24.4. The third-order valence-corrected chi connectivity index (χ3v) is 5.54. The van der Waals surface area contributed by atoms with E-state index < -0.39 is 5.60 Å². The Balaban J connectivity index is 1.46. The van der Waals surface area contributed by atoms with E-state index in [1.807, 2.05) is 26.8 Å². The molecular formula is C19H25ClN4O2S. The third kappa shape index (κ3) is 5.89. The number of hydrogen-bond acceptors (Lipinski definition) is 6. The summed E-state index contributed by atoms with van der Waals surface area (Å²) in [7, 11) is 0. The van der Waals surface area contributed by atoms with Gasteiger partial charge >= 0.3 is 6.09 Å². The molecule has 2 aromatic heterocycles. The van der Waals surface area contributed by atoms with Gasteiger partial charge in [0.05, 0.1) is 10.6 Å². The predicted octanol–water partition coefficient (Wildman–Crippen LogP) is 4.35. The van der Waals surface area contributed by atoms with Gasteiger partial charge in [-0.3, -0.25) is 0 Å². The smallest absolute Gasteiger partial charge is 0.410 e. The fraction of sp³-hybridized carbons (Fsp3) is 0.526. The number of ether oxygens (including phenoxy) is 1. The number of piperidine rings is 1. The molecule has 3 rings (SSSR count). The van der Waals surface area contributed by atoms with Crippen LogP contribution in [0, 0.1) is 0 Å². The first-order valence-electron chi connectivity index (χ1n) is 9.09. The molecule has 1 N–H and O–H groups in total. The van der Waals surface area contributed by atoms with Gasteiger partial charge in [0, 0.05) is 36.8 Å². The summed E-state index contributed by atoms with van der Waals surface area (Å²) in [6, 6.07) is 6.44. The van der Waals surface area contributed by atoms with Crippen molar-refractivity contribution in [3.8, 4) is 10.6 Å². The molecule has 0 spiro atoms. The predicted molar refractivity (Wildman–Crippen MR) is 108 cm³/mol. The lowest BCUT2D eigenvalue weighted by Crippen LogP contribution is -2.46. The lowest BCUT2D eigenvalue weighted by atomic mass is 10.1. The molecule has 0 bridgehead atoms. The Morgan fingerprint density at radius 3 is 2.74 bits per heavy atom. The Morgan fingerprint density at radius 2 is 2.07 bits per heavy atom. The normalized spacial score (nSPS) is 15.8. The lowest BCUT2D eigenvalue weighted by molar-refractivity contribution is 0.0198. The number of carbonyl (C=O) groups excluding carboxylic acids is 1. The molecular weight excluding hydrogens is 384 g/mol. The van der Waals surface area contributed by atoms with Crippen LogP contribution in [0.3, 0.4) is 0 Å². The van der Waals surface area contributed by atoms with E-state index in [2.05, 4.69) is 27.4 Å². The van der Waals surface area contributed by atoms with Crippen molar-refractivity contribution in [2.24, 2.45) is 0 Å². The molecule has 1 aliphatic rings. The van der Waals surface area contributed by atoms with E-state index in [1.54, 1.807) is 22.4 Å². The van der Waals surface area contributed by atoms with Gasteiger partial charge in [0.1, 0.15) is 5.60 Å². The van der Waals surface area contributed by atoms with Gasteiger partial charge in [0.2, 0.25) is 5.28 Å². The number of hydrogen-bond donors (Lipinski definition) is 1. The van der Waals surface area contributed by atoms with Crippen molar-refractivity contribution in [2.45, 2.75) is 51.8 Å². The largest absolute Gasteiger partial charge is 0.444 e. The number of carbonyl (C=O) groups is 1. The summed E-state index contributed by atoms with van der Waals surface area (Å²) < 4.78 is 5.44. The molecule has 0 saturated carbocycles. The number of rotatable bonds is 4. The molecule has 3 heterocycles. The minimum absolute atomic E-state index is 0.215. The van der Waals surface area contributed by atoms with Crippen molar-refractivity contribution >= 4 is 29.0 Å². The van der Waals surface area contributed by atoms with E-state index in [0.29, 0.717) is 6.04 Å². The fourth-order valence-electron chi connectivity index (χ4n) is 2.92. The Labute approximate surface area is 168 Å². The first-order chi connectivity index (χ1) is 12.8. The molecule has 0 unspecified atom stereocenters. The molecule has 2 aromatic rings. The van der Waals surface area contributed by atoms with Gasteiger partial charge in [-0.25, -0.2) is 14.8 Å². The zero-order valence-electron chi connectivity index (χ0n) is 15.9. The van der Waals surface area contributed by atoms with Crippen LogP contribution < -0.4 is 5.32 Å². The summed E-state index contributed by atoms with van der Waals surface area (Å²) in [5, 5.41) is 3.86. The van der Waals surface area contributed by atoms with Gasteiger partial charge in [-0.2, -0.15) is 0 Å². The molecule has 27 heavy (non-hydrogen) atoms. The van der Waals surface area contributed by atoms with Crippen LogP contribution in [0.1, 0.15) is 38.5 Å². The number of halogens is 1. The lowest BCUT2D eigenvalue weighted by Gasteiger charge is -2.33. The third-order valence-electron chi connectivity index (χ3n) is 4.25. The number of aromatic nitrogens is 2. The van der Waals surface area contributed by atoms with E-state index in [1.165, 1.54) is 4.88 Å². The molecule has 0 radical (unpaired) electrons. The summed E-state index contributed by atoms with van der Waals surface area (Å²) in [6.07, 6.45) is 3.31. The Kier molecular flexibility index (Phi) is 6.34. The maximum absolute atomic E-state index is 12.1. The molecule has 1 amide bonds. The van der Waals surface area contributed by atoms with E-state index in [-0.39, 0.29) is 11.4 Å². The van der Waals surface area contributed by atoms with Gasteiger partial charge in [0.25, 0.3) is 0 Å². The monoisotopic (exact) mass is 408 g/mol. The van der Waals surface area contributed by atoms with Crippen LogP contribution in [-0.2, 0) is 11.3 Å². The molecule has 1 aliphatic heterocycles. The van der Waals surface area contributed by atoms with Crippen LogP contribution >= 0.6 is 22.9 Å². The number of thiophene rings is 1. The van der Waals surface area contributed by atoms with Crippen LogP contribution in [0.4, 0.5) is 4.79 Å². The Bertz CT molecular complexity index is 782. The Morgan fingerprint density at radius 1 is 1.33 bits per heavy atom. The molecule has 8 heteroatoms. The second kappa shape index (κ2) is 8.54. The number of nitrogens with zero attached hydrogens (tertiary/aromatic N) is 3. The van der Waals surface area contributed by atoms with Crippen LogP contribution in [-0.4, -0.2) is 45.7 Å². The summed E-state index contributed by atoms with van der Waals surface area (Å²) >= 11 is 7.57. The van der Waals surface area contributed by atoms with Crippen molar-refractivity contribution in [1.82, 2.24) is 20.2 Å². The van der Waals surface area contributed by atoms with Crippen molar-refractivity contribution < 1.29 is 9.53 Å². The topological polar surface area (TPSA) is 67.3 Å². The minimum atomic E-state index is -0.447. The minimum Gasteiger partial charge on any atom is -0.444 e. The molecule has 0 atom stereocenters. The van der Waals surface area contributed by atoms with Crippen LogP contribution in [0.25, 0.3) is 10.6 Å². The quantitative estimate of drug-likeness (QED) is 0.762. The van der Waals surface area contributed by atoms with Gasteiger partial charge in [-0.05, 0) is 63.4 Å². The highest BCUT2D eigenvalue weighted by Gasteiger charge is 2.26. The van der Waals surface area contributed by atoms with E-state index in [0.717, 1.165) is 43.0 Å². The van der Waals surface area contributed by atoms with Crippen LogP contribution in [0.15, 0.2) is 24.4 Å². The highest BCUT2D eigenvalue weighted by molar-refractivity contribution is 7.15. The van der Waals surface area contributed by atoms with Crippen molar-refractivity contribution in [3.63, 3.8) is 0 Å². The van der Waals surface area contributed by atoms with E-state index >= 15 is 0 Å². The molecule has 0 aliphatic carbocycles. The average molecular weight is 409 g/mol. The first-order valence-corrected chi connectivity index (χ1v) is 10.3. The number of nitrogens with one attached hydrogen (secondary N) is 1. The number of amides is 1. The maximum atomic E-state index is 12.1. The zero-order chi connectivity index (χ0) is 19.4. The second-order valence-corrected chi connectivity index (χ2v) is 9.11. The van der Waals surface area contributed by atoms with Gasteiger partial charge in [0.15, 0.2) is 0 Å². The van der Waals surface area contributed by atoms with E-state index in [4.69, 9.17) is 16.3 Å². The molecule has 0 aromatic carbocycles. The average Bonchev–Trinajstić information content (AvgIpc) is 3.08. The van der Waals surface area contributed by atoms with Gasteiger partial charge in [-0.15, -0.1) is 11.3 Å². The first kappa shape index (κ1) is 20.0. The SMILES string of the molecule is CC(C)(C)OC(=O)N1CCC(NCc2ccc(-c3ccnc(Cl)n3)s2)CC1. The number of likely N-dealkylation sites (tertiary alicyclic amines) is 1. The fourth-order valence-corrected chi connectivity index (χ4v) is 4.00. The summed E-state index contributed by atoms with van der Waals surface area (Å²) in [5.41, 5.74) is 0.397. The summed E-state index contributed by atoms with van der Waals surface area (Å²) in [5.74, 6) is 0. The molecule has 6 nitrogen and oxygen atoms in total. The molecule has 1 fully saturated rings. The zero-order valence-corrected chi connectivity index (χ0v) is 17.4. The Hall–Kier alpha value is -1.70. The van der Waals surface area contributed by atoms with E-state index in [9.17, 15) is 4.79 Å². The standard InChI is InChI=1S/C19H25ClN4O2S/c1-19(2,3)26-18(25)24-10-7-13(8-11-24)22-12-14-4-5-16(27-14)15-6-9-21-17(20)23-15/h4-6,9,13,22H,7-8,10-12H2,1-3H3. The van der Waals surface area contributed by atoms with Gasteiger partial charge in [-0.1, -0.05) is 0 Å².